The first-order valence-electron chi connectivity index (χ1n) is 7.22. The Morgan fingerprint density at radius 2 is 1.76 bits per heavy atom. The van der Waals surface area contributed by atoms with Crippen molar-refractivity contribution in [2.75, 3.05) is 11.5 Å². The fraction of sp³-hybridized carbons (Fsp3) is 0.125. The van der Waals surface area contributed by atoms with Gasteiger partial charge in [-0.3, -0.25) is 0 Å². The molecular formula is C16H13BrN2O4S2. The Hall–Kier alpha value is -1.84. The minimum atomic E-state index is -3.68. The second-order valence-corrected chi connectivity index (χ2v) is 8.45. The lowest BCUT2D eigenvalue weighted by Crippen LogP contribution is -2.15. The molecule has 0 amide bonds. The summed E-state index contributed by atoms with van der Waals surface area (Å²) < 4.78 is 35.3. The van der Waals surface area contributed by atoms with Crippen molar-refractivity contribution < 1.29 is 17.0 Å². The van der Waals surface area contributed by atoms with E-state index in [1.807, 2.05) is 24.3 Å². The molecule has 0 saturated heterocycles. The van der Waals surface area contributed by atoms with Gasteiger partial charge in [-0.1, -0.05) is 42.1 Å². The molecule has 1 aromatic heterocycles. The fourth-order valence-electron chi connectivity index (χ4n) is 1.91. The van der Waals surface area contributed by atoms with E-state index in [0.29, 0.717) is 16.9 Å². The fourth-order valence-corrected chi connectivity index (χ4v) is 4.41. The third kappa shape index (κ3) is 5.07. The molecule has 0 atom stereocenters. The Kier molecular flexibility index (Phi) is 5.77. The van der Waals surface area contributed by atoms with Gasteiger partial charge >= 0.3 is 10.1 Å². The van der Waals surface area contributed by atoms with Crippen LogP contribution in [0.2, 0.25) is 0 Å². The molecule has 0 aliphatic heterocycles. The van der Waals surface area contributed by atoms with Crippen LogP contribution in [0.1, 0.15) is 0 Å². The summed E-state index contributed by atoms with van der Waals surface area (Å²) in [4.78, 5) is 0. The van der Waals surface area contributed by atoms with E-state index in [9.17, 15) is 8.42 Å². The molecule has 0 N–H and O–H groups in total. The molecule has 130 valence electrons. The third-order valence-electron chi connectivity index (χ3n) is 3.04. The number of hydrogen-bond acceptors (Lipinski definition) is 7. The summed E-state index contributed by atoms with van der Waals surface area (Å²) in [5, 5.41) is 8.22. The van der Waals surface area contributed by atoms with Gasteiger partial charge in [0.1, 0.15) is 5.75 Å². The van der Waals surface area contributed by atoms with E-state index in [1.54, 1.807) is 30.3 Å². The van der Waals surface area contributed by atoms with Crippen LogP contribution in [0.4, 0.5) is 0 Å². The van der Waals surface area contributed by atoms with Gasteiger partial charge < -0.3 is 8.60 Å². The molecule has 0 aliphatic rings. The van der Waals surface area contributed by atoms with Gasteiger partial charge in [0, 0.05) is 10.2 Å². The van der Waals surface area contributed by atoms with Gasteiger partial charge in [-0.15, -0.1) is 10.2 Å². The number of rotatable bonds is 7. The summed E-state index contributed by atoms with van der Waals surface area (Å²) in [7, 11) is -3.68. The van der Waals surface area contributed by atoms with Crippen LogP contribution in [-0.4, -0.2) is 30.1 Å². The molecule has 0 fully saturated rings. The number of nitrogens with zero attached hydrogens (tertiary/aromatic N) is 2. The average Bonchev–Trinajstić information content (AvgIpc) is 3.04. The maximum atomic E-state index is 12.0. The number of hydrogen-bond donors (Lipinski definition) is 0. The lowest BCUT2D eigenvalue weighted by atomic mass is 10.2. The molecule has 6 nitrogen and oxygen atoms in total. The van der Waals surface area contributed by atoms with Gasteiger partial charge in [0.25, 0.3) is 5.22 Å². The Bertz CT molecular complexity index is 946. The lowest BCUT2D eigenvalue weighted by molar-refractivity contribution is 0.465. The van der Waals surface area contributed by atoms with Crippen molar-refractivity contribution in [3.8, 4) is 17.2 Å². The zero-order chi connectivity index (χ0) is 17.7. The van der Waals surface area contributed by atoms with Crippen molar-refractivity contribution in [3.05, 3.63) is 59.1 Å². The smallest absolute Gasteiger partial charge is 0.310 e. The van der Waals surface area contributed by atoms with Crippen molar-refractivity contribution in [1.82, 2.24) is 10.2 Å². The van der Waals surface area contributed by atoms with Crippen LogP contribution >= 0.6 is 27.7 Å². The highest BCUT2D eigenvalue weighted by atomic mass is 79.9. The number of benzene rings is 2. The summed E-state index contributed by atoms with van der Waals surface area (Å²) in [6, 6.07) is 15.9. The molecule has 0 aliphatic carbocycles. The monoisotopic (exact) mass is 440 g/mol. The van der Waals surface area contributed by atoms with Gasteiger partial charge in [-0.05, 0) is 40.2 Å². The Labute approximate surface area is 157 Å². The lowest BCUT2D eigenvalue weighted by Gasteiger charge is -2.05. The Morgan fingerprint density at radius 3 is 2.52 bits per heavy atom. The quantitative estimate of drug-likeness (QED) is 0.405. The first-order valence-corrected chi connectivity index (χ1v) is 10.6. The van der Waals surface area contributed by atoms with Crippen LogP contribution in [0.3, 0.4) is 0 Å². The second-order valence-electron chi connectivity index (χ2n) is 4.86. The van der Waals surface area contributed by atoms with Gasteiger partial charge in [0.15, 0.2) is 0 Å². The van der Waals surface area contributed by atoms with Gasteiger partial charge in [-0.25, -0.2) is 0 Å². The number of thioether (sulfide) groups is 1. The highest BCUT2D eigenvalue weighted by Gasteiger charge is 2.15. The van der Waals surface area contributed by atoms with E-state index >= 15 is 0 Å². The Balaban J connectivity index is 1.57. The predicted octanol–water partition coefficient (Wildman–Crippen LogP) is 4.00. The Morgan fingerprint density at radius 1 is 1.04 bits per heavy atom. The summed E-state index contributed by atoms with van der Waals surface area (Å²) in [5.74, 6) is 0.742. The van der Waals surface area contributed by atoms with Crippen molar-refractivity contribution in [3.63, 3.8) is 0 Å². The van der Waals surface area contributed by atoms with Crippen LogP contribution in [0.5, 0.6) is 5.75 Å². The van der Waals surface area contributed by atoms with Crippen molar-refractivity contribution >= 4 is 37.8 Å². The SMILES string of the molecule is O=S(=O)(CCSc1nnc(-c2ccccc2Br)o1)Oc1ccccc1. The zero-order valence-corrected chi connectivity index (χ0v) is 16.1. The van der Waals surface area contributed by atoms with E-state index in [4.69, 9.17) is 8.60 Å². The first kappa shape index (κ1) is 18.0. The third-order valence-corrected chi connectivity index (χ3v) is 5.96. The van der Waals surface area contributed by atoms with Crippen LogP contribution in [0.25, 0.3) is 11.5 Å². The van der Waals surface area contributed by atoms with Crippen LogP contribution in [0, 0.1) is 0 Å². The van der Waals surface area contributed by atoms with Gasteiger partial charge in [0.05, 0.1) is 11.3 Å². The van der Waals surface area contributed by atoms with E-state index in [2.05, 4.69) is 26.1 Å². The van der Waals surface area contributed by atoms with Gasteiger partial charge in [0.2, 0.25) is 5.89 Å². The molecular weight excluding hydrogens is 428 g/mol. The topological polar surface area (TPSA) is 82.3 Å². The highest BCUT2D eigenvalue weighted by Crippen LogP contribution is 2.29. The summed E-state index contributed by atoms with van der Waals surface area (Å²) in [6.07, 6.45) is 0. The van der Waals surface area contributed by atoms with Crippen molar-refractivity contribution in [1.29, 1.82) is 0 Å². The molecule has 1 heterocycles. The van der Waals surface area contributed by atoms with Crippen molar-refractivity contribution in [2.24, 2.45) is 0 Å². The van der Waals surface area contributed by atoms with Crippen molar-refractivity contribution in [2.45, 2.75) is 5.22 Å². The van der Waals surface area contributed by atoms with Crippen LogP contribution < -0.4 is 4.18 Å². The molecule has 25 heavy (non-hydrogen) atoms. The molecule has 9 heteroatoms. The number of aromatic nitrogens is 2. The maximum Gasteiger partial charge on any atom is 0.310 e. The molecule has 0 saturated carbocycles. The van der Waals surface area contributed by atoms with Crippen LogP contribution in [0.15, 0.2) is 68.7 Å². The standard InChI is InChI=1S/C16H13BrN2O4S2/c17-14-9-5-4-8-13(14)15-18-19-16(22-15)24-10-11-25(20,21)23-12-6-2-1-3-7-12/h1-9H,10-11H2. The summed E-state index contributed by atoms with van der Waals surface area (Å²) in [6.45, 7) is 0. The molecule has 0 unspecified atom stereocenters. The maximum absolute atomic E-state index is 12.0. The normalized spacial score (nSPS) is 11.4. The summed E-state index contributed by atoms with van der Waals surface area (Å²) >= 11 is 4.59. The minimum Gasteiger partial charge on any atom is -0.411 e. The molecule has 0 spiro atoms. The minimum absolute atomic E-state index is 0.167. The van der Waals surface area contributed by atoms with Crippen LogP contribution in [-0.2, 0) is 10.1 Å². The predicted molar refractivity (Wildman–Crippen MR) is 99.0 cm³/mol. The summed E-state index contributed by atoms with van der Waals surface area (Å²) in [5.41, 5.74) is 0.780. The number of halogens is 1. The molecule has 3 rings (SSSR count). The first-order chi connectivity index (χ1) is 12.0. The van der Waals surface area contributed by atoms with E-state index in [1.165, 1.54) is 0 Å². The van der Waals surface area contributed by atoms with E-state index in [-0.39, 0.29) is 11.5 Å². The zero-order valence-electron chi connectivity index (χ0n) is 12.8. The molecule has 3 aromatic rings. The van der Waals surface area contributed by atoms with Gasteiger partial charge in [-0.2, -0.15) is 8.42 Å². The molecule has 0 radical (unpaired) electrons. The van der Waals surface area contributed by atoms with E-state index in [0.717, 1.165) is 21.8 Å². The highest BCUT2D eigenvalue weighted by molar-refractivity contribution is 9.10. The molecule has 2 aromatic carbocycles. The largest absolute Gasteiger partial charge is 0.411 e. The number of para-hydroxylation sites is 1. The average molecular weight is 441 g/mol. The molecule has 0 bridgehead atoms. The second kappa shape index (κ2) is 8.03. The van der Waals surface area contributed by atoms with E-state index < -0.39 is 10.1 Å².